The lowest BCUT2D eigenvalue weighted by Crippen LogP contribution is -2.49. The molecule has 0 bridgehead atoms. The summed E-state index contributed by atoms with van der Waals surface area (Å²) in [6, 6.07) is 22.3. The predicted octanol–water partition coefficient (Wildman–Crippen LogP) is 5.21. The zero-order valence-corrected chi connectivity index (χ0v) is 23.0. The van der Waals surface area contributed by atoms with Gasteiger partial charge in [-0.15, -0.1) is 0 Å². The molecule has 10 heteroatoms. The first-order valence-corrected chi connectivity index (χ1v) is 14.3. The minimum atomic E-state index is -3.53. The zero-order valence-electron chi connectivity index (χ0n) is 20.6. The van der Waals surface area contributed by atoms with Crippen LogP contribution in [-0.4, -0.2) is 60.9 Å². The van der Waals surface area contributed by atoms with E-state index in [4.69, 9.17) is 14.7 Å². The summed E-state index contributed by atoms with van der Waals surface area (Å²) in [7, 11) is -1.89. The van der Waals surface area contributed by atoms with Gasteiger partial charge in [0.1, 0.15) is 17.4 Å². The fraction of sp³-hybridized carbons (Fsp3) is 0.259. The minimum Gasteiger partial charge on any atom is -0.497 e. The monoisotopic (exact) mass is 581 g/mol. The molecule has 0 saturated carbocycles. The number of hydrogen-bond donors (Lipinski definition) is 1. The third-order valence-electron chi connectivity index (χ3n) is 6.60. The number of para-hydroxylation sites is 1. The standard InChI is InChI=1S/C27H28BrN5O3S/c1-19(32-14-16-33(17-15-32)37(34,35)23-12-10-20(28)11-13-23)26-30-25-9-4-3-8-24(25)27(31-26)29-21-6-5-7-22(18-21)36-2/h3-13,18-19H,14-17H2,1-2H3,(H,29,30,31)/t19-/m1/s1. The van der Waals surface area contributed by atoms with Crippen LogP contribution in [0.1, 0.15) is 18.8 Å². The Labute approximate surface area is 225 Å². The lowest BCUT2D eigenvalue weighted by molar-refractivity contribution is 0.141. The summed E-state index contributed by atoms with van der Waals surface area (Å²) in [4.78, 5) is 12.3. The second kappa shape index (κ2) is 10.7. The van der Waals surface area contributed by atoms with E-state index in [-0.39, 0.29) is 6.04 Å². The Kier molecular flexibility index (Phi) is 7.43. The summed E-state index contributed by atoms with van der Waals surface area (Å²) in [6.45, 7) is 4.06. The molecule has 192 valence electrons. The lowest BCUT2D eigenvalue weighted by Gasteiger charge is -2.36. The van der Waals surface area contributed by atoms with Crippen molar-refractivity contribution in [2.75, 3.05) is 38.6 Å². The molecule has 1 atom stereocenters. The van der Waals surface area contributed by atoms with Crippen molar-refractivity contribution in [3.63, 3.8) is 0 Å². The molecular weight excluding hydrogens is 554 g/mol. The van der Waals surface area contributed by atoms with E-state index in [0.29, 0.717) is 36.9 Å². The summed E-state index contributed by atoms with van der Waals surface area (Å²) in [5, 5.41) is 4.35. The van der Waals surface area contributed by atoms with Gasteiger partial charge in [-0.2, -0.15) is 4.31 Å². The van der Waals surface area contributed by atoms with Crippen molar-refractivity contribution in [3.8, 4) is 5.75 Å². The highest BCUT2D eigenvalue weighted by Crippen LogP contribution is 2.29. The third-order valence-corrected chi connectivity index (χ3v) is 9.04. The molecule has 1 aliphatic rings. The quantitative estimate of drug-likeness (QED) is 0.320. The van der Waals surface area contributed by atoms with Gasteiger partial charge in [0.25, 0.3) is 0 Å². The second-order valence-electron chi connectivity index (χ2n) is 8.87. The molecule has 3 aromatic carbocycles. The van der Waals surface area contributed by atoms with Crippen LogP contribution in [0, 0.1) is 0 Å². The van der Waals surface area contributed by atoms with Crippen molar-refractivity contribution >= 4 is 48.4 Å². The summed E-state index contributed by atoms with van der Waals surface area (Å²) in [6.07, 6.45) is 0. The van der Waals surface area contributed by atoms with Crippen molar-refractivity contribution in [1.82, 2.24) is 19.2 Å². The molecule has 1 aliphatic heterocycles. The van der Waals surface area contributed by atoms with Crippen molar-refractivity contribution in [2.45, 2.75) is 17.9 Å². The molecule has 4 aromatic rings. The first kappa shape index (κ1) is 25.6. The average molecular weight is 583 g/mol. The third kappa shape index (κ3) is 5.47. The molecule has 5 rings (SSSR count). The molecule has 37 heavy (non-hydrogen) atoms. The van der Waals surface area contributed by atoms with Gasteiger partial charge in [0.15, 0.2) is 0 Å². The summed E-state index contributed by atoms with van der Waals surface area (Å²) in [5.74, 6) is 2.17. The van der Waals surface area contributed by atoms with E-state index in [1.165, 1.54) is 0 Å². The number of nitrogens with one attached hydrogen (secondary N) is 1. The van der Waals surface area contributed by atoms with Gasteiger partial charge in [-0.25, -0.2) is 18.4 Å². The minimum absolute atomic E-state index is 0.0898. The molecule has 0 spiro atoms. The number of rotatable bonds is 7. The van der Waals surface area contributed by atoms with Gasteiger partial charge in [0.2, 0.25) is 10.0 Å². The smallest absolute Gasteiger partial charge is 0.243 e. The van der Waals surface area contributed by atoms with Gasteiger partial charge < -0.3 is 10.1 Å². The number of sulfonamides is 1. The van der Waals surface area contributed by atoms with Crippen LogP contribution in [0.25, 0.3) is 10.9 Å². The molecule has 0 aliphatic carbocycles. The van der Waals surface area contributed by atoms with Crippen LogP contribution < -0.4 is 10.1 Å². The summed E-state index contributed by atoms with van der Waals surface area (Å²) < 4.78 is 34.0. The van der Waals surface area contributed by atoms with E-state index in [9.17, 15) is 8.42 Å². The summed E-state index contributed by atoms with van der Waals surface area (Å²) >= 11 is 3.36. The SMILES string of the molecule is COc1cccc(Nc2nc([C@@H](C)N3CCN(S(=O)(=O)c4ccc(Br)cc4)CC3)nc3ccccc23)c1. The number of piperazine rings is 1. The fourth-order valence-corrected chi connectivity index (χ4v) is 6.15. The topological polar surface area (TPSA) is 87.7 Å². The first-order chi connectivity index (χ1) is 17.8. The van der Waals surface area contributed by atoms with Crippen molar-refractivity contribution in [3.05, 3.63) is 83.1 Å². The lowest BCUT2D eigenvalue weighted by atomic mass is 10.2. The molecule has 0 radical (unpaired) electrons. The Morgan fingerprint density at radius 1 is 0.946 bits per heavy atom. The Morgan fingerprint density at radius 2 is 1.68 bits per heavy atom. The van der Waals surface area contributed by atoms with E-state index < -0.39 is 10.0 Å². The van der Waals surface area contributed by atoms with Crippen LogP contribution in [0.15, 0.2) is 82.2 Å². The molecule has 2 heterocycles. The van der Waals surface area contributed by atoms with Gasteiger partial charge in [0.05, 0.1) is 23.6 Å². The van der Waals surface area contributed by atoms with Crippen molar-refractivity contribution in [1.29, 1.82) is 0 Å². The van der Waals surface area contributed by atoms with Gasteiger partial charge in [-0.05, 0) is 55.5 Å². The Balaban J connectivity index is 1.36. The van der Waals surface area contributed by atoms with Gasteiger partial charge in [0, 0.05) is 47.8 Å². The second-order valence-corrected chi connectivity index (χ2v) is 11.7. The van der Waals surface area contributed by atoms with Gasteiger partial charge in [-0.1, -0.05) is 34.1 Å². The molecule has 1 fully saturated rings. The molecule has 1 aromatic heterocycles. The molecule has 8 nitrogen and oxygen atoms in total. The van der Waals surface area contributed by atoms with E-state index in [1.54, 1.807) is 35.7 Å². The van der Waals surface area contributed by atoms with Crippen LogP contribution in [-0.2, 0) is 10.0 Å². The highest BCUT2D eigenvalue weighted by Gasteiger charge is 2.31. The fourth-order valence-electron chi connectivity index (χ4n) is 4.46. The van der Waals surface area contributed by atoms with Crippen LogP contribution in [0.5, 0.6) is 5.75 Å². The van der Waals surface area contributed by atoms with Crippen LogP contribution in [0.2, 0.25) is 0 Å². The Hall–Kier alpha value is -3.05. The summed E-state index contributed by atoms with van der Waals surface area (Å²) in [5.41, 5.74) is 1.72. The van der Waals surface area contributed by atoms with Crippen LogP contribution in [0.3, 0.4) is 0 Å². The first-order valence-electron chi connectivity index (χ1n) is 12.0. The van der Waals surface area contributed by atoms with Gasteiger partial charge in [-0.3, -0.25) is 4.90 Å². The number of fused-ring (bicyclic) bond motifs is 1. The van der Waals surface area contributed by atoms with Crippen LogP contribution >= 0.6 is 15.9 Å². The normalized spacial score (nSPS) is 16.0. The van der Waals surface area contributed by atoms with Gasteiger partial charge >= 0.3 is 0 Å². The average Bonchev–Trinajstić information content (AvgIpc) is 2.93. The molecule has 1 N–H and O–H groups in total. The van der Waals surface area contributed by atoms with Crippen molar-refractivity contribution in [2.24, 2.45) is 0 Å². The predicted molar refractivity (Wildman–Crippen MR) is 149 cm³/mol. The molecule has 1 saturated heterocycles. The van der Waals surface area contributed by atoms with Crippen molar-refractivity contribution < 1.29 is 13.2 Å². The Morgan fingerprint density at radius 3 is 2.41 bits per heavy atom. The number of halogens is 1. The molecular formula is C27H28BrN5O3S. The maximum absolute atomic E-state index is 13.1. The highest BCUT2D eigenvalue weighted by atomic mass is 79.9. The number of aromatic nitrogens is 2. The largest absolute Gasteiger partial charge is 0.497 e. The van der Waals surface area contributed by atoms with E-state index >= 15 is 0 Å². The zero-order chi connectivity index (χ0) is 26.0. The highest BCUT2D eigenvalue weighted by molar-refractivity contribution is 9.10. The number of methoxy groups -OCH3 is 1. The Bertz CT molecular complexity index is 1510. The number of benzene rings is 3. The van der Waals surface area contributed by atoms with Crippen LogP contribution in [0.4, 0.5) is 11.5 Å². The number of anilines is 2. The van der Waals surface area contributed by atoms with E-state index in [2.05, 4.69) is 33.1 Å². The maximum Gasteiger partial charge on any atom is 0.243 e. The number of nitrogens with zero attached hydrogens (tertiary/aromatic N) is 4. The van der Waals surface area contributed by atoms with E-state index in [0.717, 1.165) is 32.6 Å². The molecule has 0 unspecified atom stereocenters. The maximum atomic E-state index is 13.1. The number of ether oxygens (including phenoxy) is 1. The molecule has 0 amide bonds. The van der Waals surface area contributed by atoms with E-state index in [1.807, 2.05) is 48.5 Å². The number of hydrogen-bond acceptors (Lipinski definition) is 7.